The molecule has 4 bridgehead atoms. The molecule has 1 unspecified atom stereocenters. The topological polar surface area (TPSA) is 30.2 Å². The lowest BCUT2D eigenvalue weighted by atomic mass is 9.94. The smallest absolute Gasteiger partial charge is 0.163 e. The van der Waals surface area contributed by atoms with Gasteiger partial charge in [-0.25, -0.2) is 13.9 Å². The molecule has 4 heteroatoms. The van der Waals surface area contributed by atoms with E-state index in [4.69, 9.17) is 4.98 Å². The first-order valence-corrected chi connectivity index (χ1v) is 11.8. The maximum Gasteiger partial charge on any atom is 0.163 e. The Morgan fingerprint density at radius 2 is 1.67 bits per heavy atom. The molecule has 0 amide bonds. The number of benzene rings is 1. The Labute approximate surface area is 180 Å². The standard InChI is InChI=1S/C24H30FN3.C2H6/c1-18-8-6-4-2-3-5-7-9-20-14-15-28-24(27-20)22(17-26-28)21-16-19(11-10-18)12-13-23(21)25;1-2/h12-18H,2-11H2,1H3;1-2H3. The molecule has 0 aliphatic carbocycles. The van der Waals surface area contributed by atoms with Crippen LogP contribution in [0.25, 0.3) is 16.8 Å². The third kappa shape index (κ3) is 5.68. The zero-order valence-electron chi connectivity index (χ0n) is 18.8. The Morgan fingerprint density at radius 1 is 0.900 bits per heavy atom. The van der Waals surface area contributed by atoms with E-state index in [1.165, 1.54) is 44.1 Å². The van der Waals surface area contributed by atoms with Crippen LogP contribution in [0, 0.1) is 11.7 Å². The monoisotopic (exact) mass is 409 g/mol. The van der Waals surface area contributed by atoms with Gasteiger partial charge in [-0.1, -0.05) is 65.4 Å². The second-order valence-electron chi connectivity index (χ2n) is 8.36. The normalized spacial score (nSPS) is 18.3. The van der Waals surface area contributed by atoms with E-state index in [0.29, 0.717) is 11.5 Å². The summed E-state index contributed by atoms with van der Waals surface area (Å²) < 4.78 is 16.4. The van der Waals surface area contributed by atoms with Gasteiger partial charge < -0.3 is 0 Å². The predicted octanol–water partition coefficient (Wildman–Crippen LogP) is 7.42. The number of nitrogens with zero attached hydrogens (tertiary/aromatic N) is 3. The fourth-order valence-corrected chi connectivity index (χ4v) is 4.23. The first-order chi connectivity index (χ1) is 14.7. The van der Waals surface area contributed by atoms with Crippen LogP contribution < -0.4 is 0 Å². The van der Waals surface area contributed by atoms with Gasteiger partial charge in [0, 0.05) is 23.0 Å². The third-order valence-electron chi connectivity index (χ3n) is 6.05. The molecular formula is C26H36FN3. The van der Waals surface area contributed by atoms with Crippen molar-refractivity contribution in [3.8, 4) is 11.1 Å². The van der Waals surface area contributed by atoms with Gasteiger partial charge in [-0.3, -0.25) is 0 Å². The van der Waals surface area contributed by atoms with E-state index in [2.05, 4.69) is 12.0 Å². The van der Waals surface area contributed by atoms with Gasteiger partial charge in [0.25, 0.3) is 0 Å². The largest absolute Gasteiger partial charge is 0.233 e. The van der Waals surface area contributed by atoms with Gasteiger partial charge in [-0.15, -0.1) is 0 Å². The van der Waals surface area contributed by atoms with E-state index in [9.17, 15) is 4.39 Å². The number of halogens is 1. The van der Waals surface area contributed by atoms with Crippen molar-refractivity contribution in [2.75, 3.05) is 0 Å². The zero-order valence-corrected chi connectivity index (χ0v) is 18.8. The Morgan fingerprint density at radius 3 is 2.50 bits per heavy atom. The molecular weight excluding hydrogens is 373 g/mol. The van der Waals surface area contributed by atoms with Crippen LogP contribution >= 0.6 is 0 Å². The lowest BCUT2D eigenvalue weighted by Gasteiger charge is -2.12. The molecule has 3 heterocycles. The molecule has 3 aromatic rings. The Bertz CT molecular complexity index is 931. The maximum atomic E-state index is 14.7. The Kier molecular flexibility index (Phi) is 8.41. The molecule has 0 radical (unpaired) electrons. The minimum absolute atomic E-state index is 0.201. The summed E-state index contributed by atoms with van der Waals surface area (Å²) in [5.74, 6) is 0.516. The van der Waals surface area contributed by atoms with Crippen LogP contribution in [0.1, 0.15) is 83.4 Å². The van der Waals surface area contributed by atoms with Crippen molar-refractivity contribution in [3.63, 3.8) is 0 Å². The summed E-state index contributed by atoms with van der Waals surface area (Å²) in [5, 5.41) is 4.40. The van der Waals surface area contributed by atoms with E-state index in [-0.39, 0.29) is 5.82 Å². The summed E-state index contributed by atoms with van der Waals surface area (Å²) in [4.78, 5) is 4.82. The van der Waals surface area contributed by atoms with Crippen molar-refractivity contribution in [2.45, 2.75) is 85.0 Å². The lowest BCUT2D eigenvalue weighted by Crippen LogP contribution is -2.00. The number of aromatic nitrogens is 3. The molecule has 162 valence electrons. The number of hydrogen-bond donors (Lipinski definition) is 0. The highest BCUT2D eigenvalue weighted by molar-refractivity contribution is 5.77. The van der Waals surface area contributed by atoms with E-state index < -0.39 is 0 Å². The highest BCUT2D eigenvalue weighted by Crippen LogP contribution is 2.28. The molecule has 1 aromatic carbocycles. The van der Waals surface area contributed by atoms with Gasteiger partial charge >= 0.3 is 0 Å². The van der Waals surface area contributed by atoms with Crippen molar-refractivity contribution in [1.29, 1.82) is 0 Å². The van der Waals surface area contributed by atoms with Crippen LogP contribution in [0.5, 0.6) is 0 Å². The quantitative estimate of drug-likeness (QED) is 0.387. The van der Waals surface area contributed by atoms with Crippen molar-refractivity contribution < 1.29 is 4.39 Å². The highest BCUT2D eigenvalue weighted by Gasteiger charge is 2.14. The van der Waals surface area contributed by atoms with Crippen LogP contribution in [0.15, 0.2) is 36.7 Å². The molecule has 30 heavy (non-hydrogen) atoms. The van der Waals surface area contributed by atoms with E-state index in [1.807, 2.05) is 38.2 Å². The molecule has 1 aliphatic heterocycles. The molecule has 1 atom stereocenters. The third-order valence-corrected chi connectivity index (χ3v) is 6.05. The molecule has 2 aromatic heterocycles. The average Bonchev–Trinajstić information content (AvgIpc) is 3.19. The van der Waals surface area contributed by atoms with E-state index in [1.54, 1.807) is 16.8 Å². The van der Waals surface area contributed by atoms with Crippen molar-refractivity contribution in [2.24, 2.45) is 5.92 Å². The second kappa shape index (κ2) is 11.2. The van der Waals surface area contributed by atoms with Crippen LogP contribution in [0.2, 0.25) is 0 Å². The predicted molar refractivity (Wildman–Crippen MR) is 123 cm³/mol. The van der Waals surface area contributed by atoms with Gasteiger partial charge in [0.1, 0.15) is 5.82 Å². The van der Waals surface area contributed by atoms with Crippen LogP contribution in [-0.4, -0.2) is 14.6 Å². The molecule has 3 nitrogen and oxygen atoms in total. The second-order valence-corrected chi connectivity index (χ2v) is 8.36. The maximum absolute atomic E-state index is 14.7. The molecule has 0 N–H and O–H groups in total. The summed E-state index contributed by atoms with van der Waals surface area (Å²) in [6.45, 7) is 6.35. The number of hydrogen-bond acceptors (Lipinski definition) is 2. The minimum atomic E-state index is -0.201. The molecule has 0 saturated heterocycles. The van der Waals surface area contributed by atoms with Crippen molar-refractivity contribution >= 4 is 5.65 Å². The van der Waals surface area contributed by atoms with Gasteiger partial charge in [0.05, 0.1) is 6.20 Å². The highest BCUT2D eigenvalue weighted by atomic mass is 19.1. The van der Waals surface area contributed by atoms with Crippen LogP contribution in [-0.2, 0) is 12.8 Å². The Hall–Kier alpha value is -2.23. The molecule has 4 rings (SSSR count). The van der Waals surface area contributed by atoms with Crippen molar-refractivity contribution in [1.82, 2.24) is 14.6 Å². The molecule has 1 aliphatic rings. The number of fused-ring (bicyclic) bond motifs is 4. The van der Waals surface area contributed by atoms with Gasteiger partial charge in [-0.2, -0.15) is 5.10 Å². The summed E-state index contributed by atoms with van der Waals surface area (Å²) in [6.07, 6.45) is 15.8. The summed E-state index contributed by atoms with van der Waals surface area (Å²) in [7, 11) is 0. The lowest BCUT2D eigenvalue weighted by molar-refractivity contribution is 0.455. The minimum Gasteiger partial charge on any atom is -0.233 e. The first-order valence-electron chi connectivity index (χ1n) is 11.8. The number of rotatable bonds is 0. The summed E-state index contributed by atoms with van der Waals surface area (Å²) >= 11 is 0. The zero-order chi connectivity index (χ0) is 21.3. The van der Waals surface area contributed by atoms with Gasteiger partial charge in [-0.05, 0) is 55.4 Å². The van der Waals surface area contributed by atoms with E-state index in [0.717, 1.165) is 42.6 Å². The SMILES string of the molecule is CC.CC1CCCCCCCCc2ccn3ncc(c3n2)-c2cc(ccc2F)CC1. The summed E-state index contributed by atoms with van der Waals surface area (Å²) in [5.41, 5.74) is 4.42. The first kappa shape index (κ1) is 22.5. The fraction of sp³-hybridized carbons (Fsp3) is 0.538. The van der Waals surface area contributed by atoms with Gasteiger partial charge in [0.15, 0.2) is 5.65 Å². The van der Waals surface area contributed by atoms with Gasteiger partial charge in [0.2, 0.25) is 0 Å². The van der Waals surface area contributed by atoms with E-state index >= 15 is 0 Å². The number of aryl methyl sites for hydroxylation is 2. The fourth-order valence-electron chi connectivity index (χ4n) is 4.23. The van der Waals surface area contributed by atoms with Crippen LogP contribution in [0.4, 0.5) is 4.39 Å². The molecule has 0 fully saturated rings. The summed E-state index contributed by atoms with van der Waals surface area (Å²) in [6, 6.07) is 7.56. The molecule has 0 spiro atoms. The van der Waals surface area contributed by atoms with Crippen LogP contribution in [0.3, 0.4) is 0 Å². The van der Waals surface area contributed by atoms with Crippen molar-refractivity contribution in [3.05, 3.63) is 53.7 Å². The Balaban J connectivity index is 0.00000124. The molecule has 0 saturated carbocycles. The average molecular weight is 410 g/mol.